The molecule has 3 rings (SSSR count). The molecule has 0 spiro atoms. The van der Waals surface area contributed by atoms with E-state index in [0.29, 0.717) is 17.9 Å². The highest BCUT2D eigenvalue weighted by atomic mass is 16.5. The van der Waals surface area contributed by atoms with E-state index in [2.05, 4.69) is 0 Å². The van der Waals surface area contributed by atoms with Crippen molar-refractivity contribution in [3.8, 4) is 11.5 Å². The van der Waals surface area contributed by atoms with Crippen molar-refractivity contribution in [3.63, 3.8) is 0 Å². The lowest BCUT2D eigenvalue weighted by molar-refractivity contribution is -0.137. The minimum absolute atomic E-state index is 0.000491. The quantitative estimate of drug-likeness (QED) is 0.908. The molecule has 1 aliphatic heterocycles. The minimum Gasteiger partial charge on any atom is -0.481 e. The first-order chi connectivity index (χ1) is 10.5. The van der Waals surface area contributed by atoms with E-state index in [-0.39, 0.29) is 17.9 Å². The molecule has 0 radical (unpaired) electrons. The minimum atomic E-state index is -1.02. The summed E-state index contributed by atoms with van der Waals surface area (Å²) in [6.45, 7) is 0. The number of rotatable bonds is 3. The maximum Gasteiger partial charge on any atom is 0.335 e. The van der Waals surface area contributed by atoms with Crippen LogP contribution in [0.15, 0.2) is 42.5 Å². The predicted octanol–water partition coefficient (Wildman–Crippen LogP) is 3.29. The van der Waals surface area contributed by atoms with Crippen LogP contribution in [0.1, 0.15) is 33.8 Å². The topological polar surface area (TPSA) is 83.8 Å². The van der Waals surface area contributed by atoms with Crippen molar-refractivity contribution in [2.75, 3.05) is 0 Å². The number of fused-ring (bicyclic) bond motifs is 2. The van der Waals surface area contributed by atoms with Crippen LogP contribution in [-0.4, -0.2) is 22.2 Å². The number of carbonyl (C=O) groups is 2. The lowest BCUT2D eigenvalue weighted by Crippen LogP contribution is -2.08. The second kappa shape index (κ2) is 5.52. The van der Waals surface area contributed by atoms with Crippen LogP contribution < -0.4 is 4.74 Å². The van der Waals surface area contributed by atoms with E-state index in [9.17, 15) is 9.59 Å². The Hall–Kier alpha value is -2.82. The average molecular weight is 298 g/mol. The van der Waals surface area contributed by atoms with Crippen molar-refractivity contribution in [3.05, 3.63) is 59.2 Å². The van der Waals surface area contributed by atoms with Gasteiger partial charge in [-0.25, -0.2) is 4.79 Å². The smallest absolute Gasteiger partial charge is 0.335 e. The third kappa shape index (κ3) is 2.65. The molecule has 1 aliphatic rings. The number of hydrogen-bond acceptors (Lipinski definition) is 3. The van der Waals surface area contributed by atoms with Gasteiger partial charge in [-0.3, -0.25) is 4.79 Å². The molecule has 1 heterocycles. The van der Waals surface area contributed by atoms with E-state index in [4.69, 9.17) is 14.9 Å². The molecule has 5 nitrogen and oxygen atoms in total. The van der Waals surface area contributed by atoms with E-state index in [1.807, 2.05) is 18.2 Å². The SMILES string of the molecule is O=C(O)CC1Cc2ccc(C(=O)O)cc2Oc2ccccc21. The van der Waals surface area contributed by atoms with Crippen molar-refractivity contribution in [2.45, 2.75) is 18.8 Å². The van der Waals surface area contributed by atoms with Gasteiger partial charge in [0.25, 0.3) is 0 Å². The van der Waals surface area contributed by atoms with Gasteiger partial charge in [0, 0.05) is 5.92 Å². The Kier molecular flexibility index (Phi) is 3.55. The second-order valence-electron chi connectivity index (χ2n) is 5.27. The molecule has 2 N–H and O–H groups in total. The van der Waals surface area contributed by atoms with Crippen LogP contribution in [0.5, 0.6) is 11.5 Å². The van der Waals surface area contributed by atoms with Crippen LogP contribution in [0.4, 0.5) is 0 Å². The van der Waals surface area contributed by atoms with Gasteiger partial charge >= 0.3 is 11.9 Å². The summed E-state index contributed by atoms with van der Waals surface area (Å²) in [5.74, 6) is -1.04. The summed E-state index contributed by atoms with van der Waals surface area (Å²) in [6, 6.07) is 12.0. The third-order valence-electron chi connectivity index (χ3n) is 3.78. The molecule has 0 fully saturated rings. The molecule has 0 saturated heterocycles. The standard InChI is InChI=1S/C17H14O5/c18-16(19)9-12-7-10-5-6-11(17(20)21)8-15(10)22-14-4-2-1-3-13(12)14/h1-6,8,12H,7,9H2,(H,18,19)(H,20,21). The van der Waals surface area contributed by atoms with Crippen molar-refractivity contribution < 1.29 is 24.5 Å². The molecular formula is C17H14O5. The van der Waals surface area contributed by atoms with E-state index < -0.39 is 11.9 Å². The number of benzene rings is 2. The second-order valence-corrected chi connectivity index (χ2v) is 5.27. The molecule has 0 aromatic heterocycles. The van der Waals surface area contributed by atoms with E-state index in [1.165, 1.54) is 12.1 Å². The highest BCUT2D eigenvalue weighted by molar-refractivity contribution is 5.88. The van der Waals surface area contributed by atoms with Crippen molar-refractivity contribution >= 4 is 11.9 Å². The van der Waals surface area contributed by atoms with Gasteiger partial charge < -0.3 is 14.9 Å². The molecule has 0 saturated carbocycles. The molecule has 0 bridgehead atoms. The number of ether oxygens (including phenoxy) is 1. The highest BCUT2D eigenvalue weighted by Crippen LogP contribution is 2.40. The summed E-state index contributed by atoms with van der Waals surface area (Å²) in [7, 11) is 0. The summed E-state index contributed by atoms with van der Waals surface area (Å²) < 4.78 is 5.85. The highest BCUT2D eigenvalue weighted by Gasteiger charge is 2.25. The summed E-state index contributed by atoms with van der Waals surface area (Å²) in [5, 5.41) is 18.2. The van der Waals surface area contributed by atoms with Gasteiger partial charge in [0.1, 0.15) is 11.5 Å². The first kappa shape index (κ1) is 14.1. The summed E-state index contributed by atoms with van der Waals surface area (Å²) in [5.41, 5.74) is 1.79. The lowest BCUT2D eigenvalue weighted by Gasteiger charge is -2.14. The first-order valence-electron chi connectivity index (χ1n) is 6.89. The zero-order chi connectivity index (χ0) is 15.7. The van der Waals surface area contributed by atoms with Crippen molar-refractivity contribution in [1.82, 2.24) is 0 Å². The predicted molar refractivity (Wildman–Crippen MR) is 78.6 cm³/mol. The van der Waals surface area contributed by atoms with Gasteiger partial charge in [-0.1, -0.05) is 24.3 Å². The fraction of sp³-hybridized carbons (Fsp3) is 0.176. The number of carboxylic acids is 2. The first-order valence-corrected chi connectivity index (χ1v) is 6.89. The Morgan fingerprint density at radius 3 is 2.59 bits per heavy atom. The number of aromatic carboxylic acids is 1. The van der Waals surface area contributed by atoms with Crippen LogP contribution in [0, 0.1) is 0 Å². The normalized spacial score (nSPS) is 15.9. The van der Waals surface area contributed by atoms with E-state index in [1.54, 1.807) is 12.1 Å². The molecule has 0 aliphatic carbocycles. The maximum absolute atomic E-state index is 11.1. The molecule has 0 amide bonds. The summed E-state index contributed by atoms with van der Waals surface area (Å²) >= 11 is 0. The van der Waals surface area contributed by atoms with Gasteiger partial charge in [-0.05, 0) is 35.7 Å². The zero-order valence-corrected chi connectivity index (χ0v) is 11.7. The molecule has 2 aromatic rings. The van der Waals surface area contributed by atoms with E-state index in [0.717, 1.165) is 11.1 Å². The van der Waals surface area contributed by atoms with E-state index >= 15 is 0 Å². The Labute approximate surface area is 126 Å². The fourth-order valence-corrected chi connectivity index (χ4v) is 2.75. The molecular weight excluding hydrogens is 284 g/mol. The number of hydrogen-bond donors (Lipinski definition) is 2. The maximum atomic E-state index is 11.1. The Morgan fingerprint density at radius 2 is 1.86 bits per heavy atom. The van der Waals surface area contributed by atoms with Gasteiger partial charge in [0.15, 0.2) is 0 Å². The molecule has 2 aromatic carbocycles. The lowest BCUT2D eigenvalue weighted by atomic mass is 9.89. The summed E-state index contributed by atoms with van der Waals surface area (Å²) in [6.07, 6.45) is 0.499. The Bertz CT molecular complexity index is 750. The Balaban J connectivity index is 2.08. The van der Waals surface area contributed by atoms with Crippen molar-refractivity contribution in [2.24, 2.45) is 0 Å². The van der Waals surface area contributed by atoms with Gasteiger partial charge in [-0.15, -0.1) is 0 Å². The molecule has 22 heavy (non-hydrogen) atoms. The molecule has 112 valence electrons. The number of aliphatic carboxylic acids is 1. The third-order valence-corrected chi connectivity index (χ3v) is 3.78. The summed E-state index contributed by atoms with van der Waals surface area (Å²) in [4.78, 5) is 22.2. The average Bonchev–Trinajstić information content (AvgIpc) is 2.62. The molecule has 1 atom stereocenters. The van der Waals surface area contributed by atoms with Gasteiger partial charge in [0.05, 0.1) is 12.0 Å². The molecule has 5 heteroatoms. The van der Waals surface area contributed by atoms with Crippen molar-refractivity contribution in [1.29, 1.82) is 0 Å². The van der Waals surface area contributed by atoms with Crippen LogP contribution >= 0.6 is 0 Å². The van der Waals surface area contributed by atoms with Gasteiger partial charge in [0.2, 0.25) is 0 Å². The monoisotopic (exact) mass is 298 g/mol. The van der Waals surface area contributed by atoms with Gasteiger partial charge in [-0.2, -0.15) is 0 Å². The fourth-order valence-electron chi connectivity index (χ4n) is 2.75. The van der Waals surface area contributed by atoms with Crippen LogP contribution in [0.25, 0.3) is 0 Å². The van der Waals surface area contributed by atoms with Crippen LogP contribution in [-0.2, 0) is 11.2 Å². The zero-order valence-electron chi connectivity index (χ0n) is 11.7. The molecule has 1 unspecified atom stereocenters. The Morgan fingerprint density at radius 1 is 1.09 bits per heavy atom. The number of para-hydroxylation sites is 1. The van der Waals surface area contributed by atoms with Crippen LogP contribution in [0.2, 0.25) is 0 Å². The van der Waals surface area contributed by atoms with Crippen LogP contribution in [0.3, 0.4) is 0 Å². The largest absolute Gasteiger partial charge is 0.481 e. The number of carboxylic acid groups (broad SMARTS) is 2.